The smallest absolute Gasteiger partial charge is 0.169 e. The minimum atomic E-state index is 0.301. The van der Waals surface area contributed by atoms with Gasteiger partial charge in [-0.15, -0.1) is 0 Å². The summed E-state index contributed by atoms with van der Waals surface area (Å²) in [6.45, 7) is 4.54. The van der Waals surface area contributed by atoms with Crippen LogP contribution >= 0.6 is 12.2 Å². The molecule has 3 atom stereocenters. The molecule has 20 heavy (non-hydrogen) atoms. The fourth-order valence-electron chi connectivity index (χ4n) is 2.92. The lowest BCUT2D eigenvalue weighted by Crippen LogP contribution is -2.47. The minimum Gasteiger partial charge on any atom is -0.360 e. The molecule has 0 radical (unpaired) electrons. The van der Waals surface area contributed by atoms with Gasteiger partial charge in [0.15, 0.2) is 5.11 Å². The van der Waals surface area contributed by atoms with Gasteiger partial charge in [-0.2, -0.15) is 0 Å². The lowest BCUT2D eigenvalue weighted by atomic mass is 9.86. The van der Waals surface area contributed by atoms with Crippen LogP contribution in [0.3, 0.4) is 0 Å². The van der Waals surface area contributed by atoms with Gasteiger partial charge in [0.2, 0.25) is 0 Å². The zero-order chi connectivity index (χ0) is 14.5. The molecule has 1 saturated carbocycles. The Morgan fingerprint density at radius 3 is 2.55 bits per heavy atom. The van der Waals surface area contributed by atoms with E-state index in [2.05, 4.69) is 61.4 Å². The van der Waals surface area contributed by atoms with Crippen LogP contribution in [0.25, 0.3) is 0 Å². The number of hydrogen-bond donors (Lipinski definition) is 1. The van der Waals surface area contributed by atoms with Crippen LogP contribution < -0.4 is 5.32 Å². The summed E-state index contributed by atoms with van der Waals surface area (Å²) < 4.78 is 0. The zero-order valence-corrected chi connectivity index (χ0v) is 13.6. The Labute approximate surface area is 128 Å². The normalized spacial score (nSPS) is 23.9. The van der Waals surface area contributed by atoms with Crippen molar-refractivity contribution < 1.29 is 0 Å². The summed E-state index contributed by atoms with van der Waals surface area (Å²) in [6.07, 6.45) is 5.25. The molecular formula is C17H26N2S. The van der Waals surface area contributed by atoms with E-state index in [-0.39, 0.29) is 0 Å². The number of hydrogen-bond acceptors (Lipinski definition) is 1. The topological polar surface area (TPSA) is 15.3 Å². The predicted octanol–water partition coefficient (Wildman–Crippen LogP) is 4.13. The fourth-order valence-corrected chi connectivity index (χ4v) is 3.23. The molecular weight excluding hydrogens is 264 g/mol. The van der Waals surface area contributed by atoms with E-state index in [1.165, 1.54) is 31.2 Å². The highest BCUT2D eigenvalue weighted by molar-refractivity contribution is 7.80. The second kappa shape index (κ2) is 7.07. The van der Waals surface area contributed by atoms with Crippen LogP contribution in [0, 0.1) is 5.92 Å². The van der Waals surface area contributed by atoms with Crippen molar-refractivity contribution in [1.29, 1.82) is 0 Å². The molecule has 0 amide bonds. The molecule has 3 heteroatoms. The third kappa shape index (κ3) is 3.72. The minimum absolute atomic E-state index is 0.301. The summed E-state index contributed by atoms with van der Waals surface area (Å²) in [5.41, 5.74) is 1.30. The van der Waals surface area contributed by atoms with Crippen molar-refractivity contribution in [3.8, 4) is 0 Å². The molecule has 0 aromatic heterocycles. The summed E-state index contributed by atoms with van der Waals surface area (Å²) in [6, 6.07) is 11.4. The molecule has 110 valence electrons. The first-order valence-corrected chi connectivity index (χ1v) is 8.08. The molecule has 0 aliphatic heterocycles. The maximum Gasteiger partial charge on any atom is 0.169 e. The van der Waals surface area contributed by atoms with Crippen LogP contribution in [0.15, 0.2) is 30.3 Å². The Morgan fingerprint density at radius 2 is 1.90 bits per heavy atom. The molecule has 1 fully saturated rings. The van der Waals surface area contributed by atoms with Crippen molar-refractivity contribution in [2.75, 3.05) is 7.05 Å². The van der Waals surface area contributed by atoms with Gasteiger partial charge in [-0.05, 0) is 43.5 Å². The van der Waals surface area contributed by atoms with E-state index in [1.807, 2.05) is 0 Å². The van der Waals surface area contributed by atoms with E-state index in [9.17, 15) is 0 Å². The van der Waals surface area contributed by atoms with Crippen molar-refractivity contribution in [3.05, 3.63) is 35.9 Å². The summed E-state index contributed by atoms with van der Waals surface area (Å²) in [5, 5.41) is 4.45. The van der Waals surface area contributed by atoms with Gasteiger partial charge in [-0.25, -0.2) is 0 Å². The maximum absolute atomic E-state index is 5.60. The van der Waals surface area contributed by atoms with Crippen molar-refractivity contribution in [2.24, 2.45) is 5.92 Å². The average molecular weight is 290 g/mol. The molecule has 1 aromatic rings. The Balaban J connectivity index is 1.94. The Morgan fingerprint density at radius 1 is 1.25 bits per heavy atom. The molecule has 1 aromatic carbocycles. The van der Waals surface area contributed by atoms with E-state index in [1.54, 1.807) is 0 Å². The van der Waals surface area contributed by atoms with Crippen LogP contribution in [0.2, 0.25) is 0 Å². The Bertz CT molecular complexity index is 432. The van der Waals surface area contributed by atoms with Crippen LogP contribution in [-0.2, 0) is 0 Å². The number of thiocarbonyl (C=S) groups is 1. The third-order valence-electron chi connectivity index (χ3n) is 4.60. The predicted molar refractivity (Wildman–Crippen MR) is 89.8 cm³/mol. The maximum atomic E-state index is 5.60. The van der Waals surface area contributed by atoms with Crippen molar-refractivity contribution in [3.63, 3.8) is 0 Å². The van der Waals surface area contributed by atoms with E-state index < -0.39 is 0 Å². The molecule has 1 aliphatic rings. The second-order valence-electron chi connectivity index (χ2n) is 6.02. The van der Waals surface area contributed by atoms with Crippen LogP contribution in [0.5, 0.6) is 0 Å². The molecule has 0 spiro atoms. The number of rotatable bonds is 3. The quantitative estimate of drug-likeness (QED) is 0.843. The lowest BCUT2D eigenvalue weighted by molar-refractivity contribution is 0.294. The van der Waals surface area contributed by atoms with Gasteiger partial charge in [0, 0.05) is 13.1 Å². The summed E-state index contributed by atoms with van der Waals surface area (Å²) in [4.78, 5) is 2.17. The third-order valence-corrected chi connectivity index (χ3v) is 5.01. The highest BCUT2D eigenvalue weighted by Crippen LogP contribution is 2.25. The van der Waals surface area contributed by atoms with Gasteiger partial charge in [-0.3, -0.25) is 0 Å². The number of benzene rings is 1. The van der Waals surface area contributed by atoms with Gasteiger partial charge in [0.25, 0.3) is 0 Å². The van der Waals surface area contributed by atoms with E-state index in [4.69, 9.17) is 12.2 Å². The van der Waals surface area contributed by atoms with Gasteiger partial charge in [0.1, 0.15) is 0 Å². The summed E-state index contributed by atoms with van der Waals surface area (Å²) in [5.74, 6) is 0.724. The van der Waals surface area contributed by atoms with Gasteiger partial charge in [0.05, 0.1) is 6.04 Å². The fraction of sp³-hybridized carbons (Fsp3) is 0.588. The van der Waals surface area contributed by atoms with Gasteiger partial charge >= 0.3 is 0 Å². The number of nitrogens with zero attached hydrogens (tertiary/aromatic N) is 1. The summed E-state index contributed by atoms with van der Waals surface area (Å²) in [7, 11) is 2.08. The first-order chi connectivity index (χ1) is 9.59. The van der Waals surface area contributed by atoms with E-state index >= 15 is 0 Å². The van der Waals surface area contributed by atoms with E-state index in [0.29, 0.717) is 12.1 Å². The van der Waals surface area contributed by atoms with Crippen molar-refractivity contribution in [1.82, 2.24) is 10.2 Å². The first kappa shape index (κ1) is 15.3. The molecule has 0 saturated heterocycles. The Hall–Kier alpha value is -1.09. The summed E-state index contributed by atoms with van der Waals surface area (Å²) >= 11 is 5.60. The standard InChI is InChI=1S/C17H26N2S/c1-13-9-7-8-12-16(13)18-17(20)19(3)14(2)15-10-5-4-6-11-15/h4-6,10-11,13-14,16H,7-9,12H2,1-3H3,(H,18,20)/t13-,14-,16-/m0/s1. The number of nitrogens with one attached hydrogen (secondary N) is 1. The molecule has 1 N–H and O–H groups in total. The van der Waals surface area contributed by atoms with E-state index in [0.717, 1.165) is 11.0 Å². The van der Waals surface area contributed by atoms with Crippen LogP contribution in [0.1, 0.15) is 51.1 Å². The van der Waals surface area contributed by atoms with Crippen molar-refractivity contribution in [2.45, 2.75) is 51.6 Å². The largest absolute Gasteiger partial charge is 0.360 e. The van der Waals surface area contributed by atoms with Gasteiger partial charge in [-0.1, -0.05) is 50.1 Å². The highest BCUT2D eigenvalue weighted by atomic mass is 32.1. The molecule has 0 bridgehead atoms. The average Bonchev–Trinajstić information content (AvgIpc) is 2.49. The molecule has 0 unspecified atom stereocenters. The SMILES string of the molecule is C[C@H]1CCCC[C@@H]1NC(=S)N(C)[C@@H](C)c1ccccc1. The molecule has 1 aliphatic carbocycles. The molecule has 0 heterocycles. The lowest BCUT2D eigenvalue weighted by Gasteiger charge is -2.35. The van der Waals surface area contributed by atoms with Gasteiger partial charge < -0.3 is 10.2 Å². The van der Waals surface area contributed by atoms with Crippen LogP contribution in [-0.4, -0.2) is 23.1 Å². The first-order valence-electron chi connectivity index (χ1n) is 7.68. The zero-order valence-electron chi connectivity index (χ0n) is 12.8. The van der Waals surface area contributed by atoms with Crippen molar-refractivity contribution >= 4 is 17.3 Å². The Kier molecular flexibility index (Phi) is 5.41. The molecule has 2 rings (SSSR count). The second-order valence-corrected chi connectivity index (χ2v) is 6.40. The molecule has 2 nitrogen and oxygen atoms in total. The van der Waals surface area contributed by atoms with Crippen LogP contribution in [0.4, 0.5) is 0 Å². The monoisotopic (exact) mass is 290 g/mol. The highest BCUT2D eigenvalue weighted by Gasteiger charge is 2.23.